The van der Waals surface area contributed by atoms with Gasteiger partial charge in [-0.05, 0) is 172 Å². The second-order valence-corrected chi connectivity index (χ2v) is 19.7. The molecule has 70 heavy (non-hydrogen) atoms. The van der Waals surface area contributed by atoms with Crippen LogP contribution in [0.2, 0.25) is 0 Å². The number of rotatable bonds is 12. The van der Waals surface area contributed by atoms with Gasteiger partial charge in [0.05, 0.1) is 11.4 Å². The van der Waals surface area contributed by atoms with Crippen LogP contribution in [0.4, 0.5) is 34.1 Å². The van der Waals surface area contributed by atoms with E-state index >= 15 is 0 Å². The smallest absolute Gasteiger partial charge is 0.0573 e. The van der Waals surface area contributed by atoms with Crippen LogP contribution in [0.1, 0.15) is 120 Å². The molecular formula is C68H66N2. The molecule has 0 N–H and O–H groups in total. The van der Waals surface area contributed by atoms with Crippen LogP contribution in [0, 0.1) is 27.7 Å². The largest absolute Gasteiger partial charge is 0.310 e. The molecule has 2 nitrogen and oxygen atoms in total. The Bertz CT molecular complexity index is 2950. The van der Waals surface area contributed by atoms with Crippen molar-refractivity contribution in [1.29, 1.82) is 0 Å². The fraction of sp³-hybridized carbons (Fsp3) is 0.206. The van der Waals surface area contributed by atoms with E-state index in [1.165, 1.54) is 142 Å². The molecule has 0 bridgehead atoms. The van der Waals surface area contributed by atoms with Gasteiger partial charge in [0.2, 0.25) is 0 Å². The lowest BCUT2D eigenvalue weighted by molar-refractivity contribution is 0.602. The second kappa shape index (κ2) is 21.5. The van der Waals surface area contributed by atoms with Crippen LogP contribution >= 0.6 is 0 Å². The van der Waals surface area contributed by atoms with Gasteiger partial charge >= 0.3 is 0 Å². The van der Waals surface area contributed by atoms with E-state index in [4.69, 9.17) is 0 Å². The quantitative estimate of drug-likeness (QED) is 0.113. The third-order valence-electron chi connectivity index (χ3n) is 14.6. The first-order valence-electron chi connectivity index (χ1n) is 25.7. The van der Waals surface area contributed by atoms with Crippen molar-refractivity contribution in [3.8, 4) is 0 Å². The molecule has 2 fully saturated rings. The summed E-state index contributed by atoms with van der Waals surface area (Å²) in [5.41, 5.74) is 22.4. The van der Waals surface area contributed by atoms with Crippen molar-refractivity contribution in [2.45, 2.75) is 91.9 Å². The van der Waals surface area contributed by atoms with Crippen molar-refractivity contribution in [2.75, 3.05) is 9.80 Å². The van der Waals surface area contributed by atoms with E-state index in [0.717, 1.165) is 22.7 Å². The topological polar surface area (TPSA) is 6.48 Å². The zero-order valence-corrected chi connectivity index (χ0v) is 41.6. The van der Waals surface area contributed by atoms with Crippen molar-refractivity contribution in [1.82, 2.24) is 0 Å². The highest BCUT2D eigenvalue weighted by atomic mass is 15.2. The van der Waals surface area contributed by atoms with Crippen LogP contribution in [0.5, 0.6) is 0 Å². The number of allylic oxidation sites excluding steroid dienone is 2. The predicted molar refractivity (Wildman–Crippen MR) is 305 cm³/mol. The Morgan fingerprint density at radius 3 is 0.886 bits per heavy atom. The third kappa shape index (κ3) is 10.7. The fourth-order valence-electron chi connectivity index (χ4n) is 10.5. The van der Waals surface area contributed by atoms with Crippen LogP contribution in [-0.4, -0.2) is 0 Å². The minimum atomic E-state index is 1.12. The van der Waals surface area contributed by atoms with E-state index in [1.54, 1.807) is 11.1 Å². The Hall–Kier alpha value is -7.42. The number of hydrogen-bond donors (Lipinski definition) is 0. The molecule has 2 aliphatic rings. The third-order valence-corrected chi connectivity index (χ3v) is 14.6. The summed E-state index contributed by atoms with van der Waals surface area (Å²) in [5, 5.41) is 2.40. The molecule has 2 aliphatic carbocycles. The summed E-state index contributed by atoms with van der Waals surface area (Å²) in [6, 6.07) is 63.0. The van der Waals surface area contributed by atoms with Gasteiger partial charge in [-0.1, -0.05) is 193 Å². The Kier molecular flexibility index (Phi) is 14.2. The van der Waals surface area contributed by atoms with E-state index in [0.29, 0.717) is 0 Å². The maximum Gasteiger partial charge on any atom is 0.0573 e. The van der Waals surface area contributed by atoms with E-state index in [9.17, 15) is 0 Å². The number of aryl methyl sites for hydroxylation is 2. The van der Waals surface area contributed by atoms with Crippen molar-refractivity contribution in [3.63, 3.8) is 0 Å². The minimum absolute atomic E-state index is 1.12. The number of nitrogens with zero attached hydrogens (tertiary/aromatic N) is 2. The normalized spacial score (nSPS) is 14.1. The van der Waals surface area contributed by atoms with Crippen LogP contribution in [-0.2, 0) is 0 Å². The van der Waals surface area contributed by atoms with Gasteiger partial charge in [0.15, 0.2) is 0 Å². The summed E-state index contributed by atoms with van der Waals surface area (Å²) in [7, 11) is 0. The van der Waals surface area contributed by atoms with Crippen LogP contribution < -0.4 is 9.80 Å². The molecule has 0 aromatic heterocycles. The molecule has 8 aromatic carbocycles. The van der Waals surface area contributed by atoms with Crippen molar-refractivity contribution >= 4 is 81.4 Å². The molecular weight excluding hydrogens is 845 g/mol. The maximum atomic E-state index is 2.46. The number of hydrogen-bond acceptors (Lipinski definition) is 2. The molecule has 0 amide bonds. The van der Waals surface area contributed by atoms with Crippen LogP contribution in [0.25, 0.3) is 47.2 Å². The zero-order chi connectivity index (χ0) is 47.8. The Labute approximate surface area is 417 Å². The van der Waals surface area contributed by atoms with E-state index < -0.39 is 0 Å². The van der Waals surface area contributed by atoms with Gasteiger partial charge in [0.25, 0.3) is 0 Å². The van der Waals surface area contributed by atoms with Crippen molar-refractivity contribution < 1.29 is 0 Å². The molecule has 0 spiro atoms. The summed E-state index contributed by atoms with van der Waals surface area (Å²) < 4.78 is 0. The minimum Gasteiger partial charge on any atom is -0.310 e. The zero-order valence-electron chi connectivity index (χ0n) is 41.6. The highest BCUT2D eigenvalue weighted by Gasteiger charge is 2.26. The Morgan fingerprint density at radius 1 is 0.300 bits per heavy atom. The van der Waals surface area contributed by atoms with Gasteiger partial charge in [-0.2, -0.15) is 0 Å². The van der Waals surface area contributed by atoms with Gasteiger partial charge in [0, 0.05) is 33.5 Å². The van der Waals surface area contributed by atoms with E-state index in [1.807, 2.05) is 0 Å². The highest BCUT2D eigenvalue weighted by molar-refractivity contribution is 6.10. The summed E-state index contributed by atoms with van der Waals surface area (Å²) in [5.74, 6) is 0. The summed E-state index contributed by atoms with van der Waals surface area (Å²) in [6.45, 7) is 8.92. The molecule has 8 aromatic rings. The average molecular weight is 911 g/mol. The van der Waals surface area contributed by atoms with Gasteiger partial charge in [0.1, 0.15) is 0 Å². The first-order valence-corrected chi connectivity index (χ1v) is 25.7. The average Bonchev–Trinajstić information content (AvgIpc) is 3.40. The first-order chi connectivity index (χ1) is 34.3. The lowest BCUT2D eigenvalue weighted by Gasteiger charge is -2.34. The molecule has 0 radical (unpaired) electrons. The van der Waals surface area contributed by atoms with Crippen molar-refractivity contribution in [2.24, 2.45) is 0 Å². The summed E-state index contributed by atoms with van der Waals surface area (Å²) in [4.78, 5) is 4.92. The molecule has 2 heteroatoms. The van der Waals surface area contributed by atoms with Gasteiger partial charge in [-0.25, -0.2) is 0 Å². The predicted octanol–water partition coefficient (Wildman–Crippen LogP) is 20.0. The molecule has 348 valence electrons. The Balaban J connectivity index is 0.981. The molecule has 2 saturated carbocycles. The number of fused-ring (bicyclic) bond motifs is 1. The molecule has 0 saturated heterocycles. The van der Waals surface area contributed by atoms with Gasteiger partial charge < -0.3 is 9.80 Å². The maximum absolute atomic E-state index is 2.46. The SMILES string of the molecule is Cc1ccc(N(c2ccc(C=Cc3ccc(C=C4CCCCC4)cc3)cc2)c2c(C)c(C)c(N(c3ccc(C)cc3)c3ccc(C=Cc4ccc(C=C5CCCCC5)cc4)cc3)c3ccccc23)cc1. The van der Waals surface area contributed by atoms with Crippen LogP contribution in [0.3, 0.4) is 0 Å². The molecule has 10 rings (SSSR count). The molecule has 0 heterocycles. The standard InChI is InChI=1S/C68H66N2/c1-49-19-39-61(40-20-49)69(63-43-35-55(36-44-63)25-23-53-27-31-59(32-28-53)47-57-13-7-5-8-14-57)67-51(3)52(4)68(66-18-12-11-17-65(66)67)70(62-41-21-50(2)22-42-62)64-45-37-56(38-46-64)26-24-54-29-33-60(34-30-54)48-58-15-9-6-10-16-58/h11-12,17-48H,5-10,13-16H2,1-4H3. The van der Waals surface area contributed by atoms with E-state index in [2.05, 4.69) is 244 Å². The van der Waals surface area contributed by atoms with Crippen LogP contribution in [0.15, 0.2) is 181 Å². The number of anilines is 6. The van der Waals surface area contributed by atoms with Crippen molar-refractivity contribution in [3.05, 3.63) is 237 Å². The first kappa shape index (κ1) is 46.3. The monoisotopic (exact) mass is 911 g/mol. The summed E-state index contributed by atoms with van der Waals surface area (Å²) >= 11 is 0. The lowest BCUT2D eigenvalue weighted by Crippen LogP contribution is -2.16. The fourth-order valence-corrected chi connectivity index (χ4v) is 10.5. The highest BCUT2D eigenvalue weighted by Crippen LogP contribution is 2.49. The number of benzene rings is 8. The summed E-state index contributed by atoms with van der Waals surface area (Å²) in [6.07, 6.45) is 26.7. The Morgan fingerprint density at radius 2 is 0.571 bits per heavy atom. The van der Waals surface area contributed by atoms with E-state index in [-0.39, 0.29) is 0 Å². The molecule has 0 unspecified atom stereocenters. The van der Waals surface area contributed by atoms with Gasteiger partial charge in [-0.15, -0.1) is 0 Å². The molecule has 0 aliphatic heterocycles. The lowest BCUT2D eigenvalue weighted by atomic mass is 9.93. The van der Waals surface area contributed by atoms with Gasteiger partial charge in [-0.3, -0.25) is 0 Å². The second-order valence-electron chi connectivity index (χ2n) is 19.7. The molecule has 0 atom stereocenters.